The number of carbonyl (C=O) groups excluding carboxylic acids is 1. The highest BCUT2D eigenvalue weighted by Gasteiger charge is 2.23. The lowest BCUT2D eigenvalue weighted by molar-refractivity contribution is -0.152. The van der Waals surface area contributed by atoms with Gasteiger partial charge >= 0.3 is 11.9 Å². The molecule has 0 aromatic carbocycles. The summed E-state index contributed by atoms with van der Waals surface area (Å²) in [5.74, 6) is -1.59. The molecule has 0 amide bonds. The second-order valence-electron chi connectivity index (χ2n) is 3.73. The van der Waals surface area contributed by atoms with Gasteiger partial charge in [0.05, 0.1) is 11.0 Å². The fraction of sp³-hybridized carbons (Fsp3) is 0.556. The molecule has 0 aliphatic heterocycles. The molecule has 74 valence electrons. The van der Waals surface area contributed by atoms with Crippen molar-refractivity contribution in [3.63, 3.8) is 0 Å². The van der Waals surface area contributed by atoms with Crippen molar-refractivity contribution in [3.8, 4) is 0 Å². The van der Waals surface area contributed by atoms with Crippen LogP contribution in [-0.4, -0.2) is 23.7 Å². The van der Waals surface area contributed by atoms with Gasteiger partial charge in [-0.15, -0.1) is 0 Å². The van der Waals surface area contributed by atoms with E-state index in [1.165, 1.54) is 0 Å². The van der Waals surface area contributed by atoms with E-state index in [1.54, 1.807) is 20.8 Å². The molecule has 0 spiro atoms. The summed E-state index contributed by atoms with van der Waals surface area (Å²) in [5, 5.41) is 8.41. The van der Waals surface area contributed by atoms with E-state index in [0.29, 0.717) is 0 Å². The SMILES string of the molecule is C=C(COC(=O)C(C)(C)C)C(=O)O. The van der Waals surface area contributed by atoms with E-state index in [0.717, 1.165) is 0 Å². The third-order valence-electron chi connectivity index (χ3n) is 1.29. The van der Waals surface area contributed by atoms with Gasteiger partial charge in [-0.1, -0.05) is 6.58 Å². The molecule has 1 N–H and O–H groups in total. The maximum absolute atomic E-state index is 11.1. The quantitative estimate of drug-likeness (QED) is 0.531. The molecule has 0 aromatic rings. The maximum Gasteiger partial charge on any atom is 0.334 e. The number of aliphatic carboxylic acids is 1. The lowest BCUT2D eigenvalue weighted by Gasteiger charge is -2.16. The lowest BCUT2D eigenvalue weighted by Crippen LogP contribution is -2.24. The number of esters is 1. The van der Waals surface area contributed by atoms with Crippen LogP contribution in [0.2, 0.25) is 0 Å². The van der Waals surface area contributed by atoms with Crippen molar-refractivity contribution in [1.82, 2.24) is 0 Å². The normalized spacial score (nSPS) is 10.7. The van der Waals surface area contributed by atoms with Crippen molar-refractivity contribution in [1.29, 1.82) is 0 Å². The largest absolute Gasteiger partial charge is 0.478 e. The molecule has 0 heterocycles. The third-order valence-corrected chi connectivity index (χ3v) is 1.29. The van der Waals surface area contributed by atoms with Crippen LogP contribution in [0.15, 0.2) is 12.2 Å². The van der Waals surface area contributed by atoms with Gasteiger partial charge in [-0.2, -0.15) is 0 Å². The number of hydrogen-bond acceptors (Lipinski definition) is 3. The summed E-state index contributed by atoms with van der Waals surface area (Å²) in [7, 11) is 0. The van der Waals surface area contributed by atoms with Crippen molar-refractivity contribution >= 4 is 11.9 Å². The molecular formula is C9H14O4. The molecule has 4 heteroatoms. The van der Waals surface area contributed by atoms with Crippen LogP contribution in [0.3, 0.4) is 0 Å². The first-order chi connectivity index (χ1) is 5.75. The summed E-state index contributed by atoms with van der Waals surface area (Å²) >= 11 is 0. The zero-order chi connectivity index (χ0) is 10.6. The Kier molecular flexibility index (Phi) is 3.66. The van der Waals surface area contributed by atoms with Crippen LogP contribution in [0.5, 0.6) is 0 Å². The first-order valence-corrected chi connectivity index (χ1v) is 3.83. The molecule has 0 unspecified atom stereocenters. The van der Waals surface area contributed by atoms with Crippen molar-refractivity contribution in [2.45, 2.75) is 20.8 Å². The Hall–Kier alpha value is -1.32. The number of rotatable bonds is 3. The average molecular weight is 186 g/mol. The van der Waals surface area contributed by atoms with Gasteiger partial charge in [0.1, 0.15) is 6.61 Å². The number of hydrogen-bond donors (Lipinski definition) is 1. The van der Waals surface area contributed by atoms with E-state index < -0.39 is 17.4 Å². The zero-order valence-electron chi connectivity index (χ0n) is 8.09. The van der Waals surface area contributed by atoms with E-state index >= 15 is 0 Å². The predicted molar refractivity (Wildman–Crippen MR) is 47.2 cm³/mol. The van der Waals surface area contributed by atoms with Gasteiger partial charge in [0.15, 0.2) is 0 Å². The first kappa shape index (κ1) is 11.7. The van der Waals surface area contributed by atoms with Crippen molar-refractivity contribution in [2.75, 3.05) is 6.61 Å². The monoisotopic (exact) mass is 186 g/mol. The van der Waals surface area contributed by atoms with E-state index in [-0.39, 0.29) is 12.2 Å². The van der Waals surface area contributed by atoms with Gasteiger partial charge in [-0.05, 0) is 20.8 Å². The summed E-state index contributed by atoms with van der Waals surface area (Å²) < 4.78 is 4.71. The predicted octanol–water partition coefficient (Wildman–Crippen LogP) is 1.22. The van der Waals surface area contributed by atoms with Crippen LogP contribution < -0.4 is 0 Å². The number of ether oxygens (including phenoxy) is 1. The molecule has 0 aromatic heterocycles. The average Bonchev–Trinajstić information content (AvgIpc) is 1.97. The Morgan fingerprint density at radius 3 is 2.15 bits per heavy atom. The number of carboxylic acid groups (broad SMARTS) is 1. The van der Waals surface area contributed by atoms with Crippen LogP contribution in [0.4, 0.5) is 0 Å². The maximum atomic E-state index is 11.1. The topological polar surface area (TPSA) is 63.6 Å². The van der Waals surface area contributed by atoms with Crippen LogP contribution in [0.25, 0.3) is 0 Å². The molecule has 13 heavy (non-hydrogen) atoms. The Bertz CT molecular complexity index is 234. The second kappa shape index (κ2) is 4.07. The summed E-state index contributed by atoms with van der Waals surface area (Å²) in [6, 6.07) is 0. The van der Waals surface area contributed by atoms with E-state index in [1.807, 2.05) is 0 Å². The van der Waals surface area contributed by atoms with Crippen LogP contribution >= 0.6 is 0 Å². The molecule has 0 saturated heterocycles. The van der Waals surface area contributed by atoms with E-state index in [4.69, 9.17) is 9.84 Å². The summed E-state index contributed by atoms with van der Waals surface area (Å²) in [5.41, 5.74) is -0.740. The molecule has 0 fully saturated rings. The zero-order valence-corrected chi connectivity index (χ0v) is 8.09. The minimum absolute atomic E-state index is 0.127. The van der Waals surface area contributed by atoms with Gasteiger partial charge in [-0.25, -0.2) is 4.79 Å². The first-order valence-electron chi connectivity index (χ1n) is 3.83. The molecule has 4 nitrogen and oxygen atoms in total. The van der Waals surface area contributed by atoms with Gasteiger partial charge in [0.2, 0.25) is 0 Å². The number of carboxylic acids is 1. The molecule has 0 atom stereocenters. The van der Waals surface area contributed by atoms with E-state index in [2.05, 4.69) is 6.58 Å². The lowest BCUT2D eigenvalue weighted by atomic mass is 9.97. The Morgan fingerprint density at radius 2 is 1.85 bits per heavy atom. The van der Waals surface area contributed by atoms with Gasteiger partial charge in [0.25, 0.3) is 0 Å². The number of carbonyl (C=O) groups is 2. The van der Waals surface area contributed by atoms with Gasteiger partial charge in [0, 0.05) is 0 Å². The van der Waals surface area contributed by atoms with Gasteiger partial charge in [-0.3, -0.25) is 4.79 Å². The Labute approximate surface area is 77.2 Å². The fourth-order valence-corrected chi connectivity index (χ4v) is 0.431. The molecule has 0 saturated carbocycles. The molecule has 0 rings (SSSR count). The Morgan fingerprint density at radius 1 is 1.38 bits per heavy atom. The molecule has 0 bridgehead atoms. The highest BCUT2D eigenvalue weighted by molar-refractivity contribution is 5.86. The summed E-state index contributed by atoms with van der Waals surface area (Å²) in [6.07, 6.45) is 0. The highest BCUT2D eigenvalue weighted by Crippen LogP contribution is 2.15. The molecular weight excluding hydrogens is 172 g/mol. The van der Waals surface area contributed by atoms with E-state index in [9.17, 15) is 9.59 Å². The van der Waals surface area contributed by atoms with Gasteiger partial charge < -0.3 is 9.84 Å². The van der Waals surface area contributed by atoms with Crippen molar-refractivity contribution in [2.24, 2.45) is 5.41 Å². The smallest absolute Gasteiger partial charge is 0.334 e. The fourth-order valence-electron chi connectivity index (χ4n) is 0.431. The summed E-state index contributed by atoms with van der Waals surface area (Å²) in [4.78, 5) is 21.4. The summed E-state index contributed by atoms with van der Waals surface area (Å²) in [6.45, 7) is 8.05. The standard InChI is InChI=1S/C9H14O4/c1-6(7(10)11)5-13-8(12)9(2,3)4/h1,5H2,2-4H3,(H,10,11). The molecule has 0 aliphatic carbocycles. The van der Waals surface area contributed by atoms with Crippen LogP contribution in [0.1, 0.15) is 20.8 Å². The van der Waals surface area contributed by atoms with Crippen molar-refractivity contribution in [3.05, 3.63) is 12.2 Å². The minimum atomic E-state index is -1.15. The highest BCUT2D eigenvalue weighted by atomic mass is 16.5. The van der Waals surface area contributed by atoms with Crippen molar-refractivity contribution < 1.29 is 19.4 Å². The molecule has 0 aliphatic rings. The Balaban J connectivity index is 3.99. The van der Waals surface area contributed by atoms with Crippen LogP contribution in [0, 0.1) is 5.41 Å². The minimum Gasteiger partial charge on any atom is -0.478 e. The molecule has 0 radical (unpaired) electrons. The van der Waals surface area contributed by atoms with Crippen LogP contribution in [-0.2, 0) is 14.3 Å². The third kappa shape index (κ3) is 4.30. The second-order valence-corrected chi connectivity index (χ2v) is 3.73.